The molecule has 1 amide bonds. The molecule has 2 atom stereocenters. The predicted molar refractivity (Wildman–Crippen MR) is 81.7 cm³/mol. The Balaban J connectivity index is 1.64. The zero-order chi connectivity index (χ0) is 14.8. The topological polar surface area (TPSA) is 56.2 Å². The molecule has 0 saturated carbocycles. The fraction of sp³-hybridized carbons (Fsp3) is 0.429. The average Bonchev–Trinajstić information content (AvgIpc) is 3.08. The van der Waals surface area contributed by atoms with Gasteiger partial charge in [-0.25, -0.2) is 4.98 Å². The first-order valence-electron chi connectivity index (χ1n) is 6.77. The van der Waals surface area contributed by atoms with E-state index in [2.05, 4.69) is 10.3 Å². The molecule has 3 rings (SSSR count). The second-order valence-corrected chi connectivity index (χ2v) is 6.80. The van der Waals surface area contributed by atoms with E-state index in [1.165, 1.54) is 11.3 Å². The maximum Gasteiger partial charge on any atom is 0.261 e. The van der Waals surface area contributed by atoms with Gasteiger partial charge in [-0.05, 0) is 25.0 Å². The minimum atomic E-state index is -0.0671. The van der Waals surface area contributed by atoms with Gasteiger partial charge in [0, 0.05) is 19.7 Å². The Bertz CT molecular complexity index is 640. The van der Waals surface area contributed by atoms with E-state index in [1.807, 2.05) is 17.8 Å². The molecule has 1 N–H and O–H groups in total. The molecule has 1 saturated heterocycles. The zero-order valence-corrected chi connectivity index (χ0v) is 13.2. The van der Waals surface area contributed by atoms with Crippen LogP contribution in [-0.4, -0.2) is 28.1 Å². The van der Waals surface area contributed by atoms with Crippen LogP contribution < -0.4 is 5.32 Å². The van der Waals surface area contributed by atoms with E-state index in [1.54, 1.807) is 18.5 Å². The number of nitrogens with one attached hydrogen (secondary N) is 1. The van der Waals surface area contributed by atoms with Gasteiger partial charge in [0.25, 0.3) is 5.91 Å². The van der Waals surface area contributed by atoms with Crippen LogP contribution in [0.25, 0.3) is 0 Å². The average molecular weight is 326 g/mol. The van der Waals surface area contributed by atoms with Crippen molar-refractivity contribution >= 4 is 28.8 Å². The van der Waals surface area contributed by atoms with Gasteiger partial charge in [-0.3, -0.25) is 4.79 Å². The molecular weight excluding hydrogens is 310 g/mol. The number of aryl methyl sites for hydroxylation is 1. The Morgan fingerprint density at radius 3 is 3.10 bits per heavy atom. The fourth-order valence-electron chi connectivity index (χ4n) is 2.50. The van der Waals surface area contributed by atoms with Crippen molar-refractivity contribution < 1.29 is 9.53 Å². The standard InChI is InChI=1S/C14H16ClN3O2S/c1-18-8-16-7-10(18)11-6-9(4-5-20-11)17-14(19)12-2-3-13(15)21-12/h2-3,7-9,11H,4-6H2,1H3,(H,17,19)/t9-,11+/m0/s1. The summed E-state index contributed by atoms with van der Waals surface area (Å²) in [5.41, 5.74) is 1.04. The lowest BCUT2D eigenvalue weighted by Crippen LogP contribution is -2.39. The number of aromatic nitrogens is 2. The second-order valence-electron chi connectivity index (χ2n) is 5.09. The number of ether oxygens (including phenoxy) is 1. The number of rotatable bonds is 3. The summed E-state index contributed by atoms with van der Waals surface area (Å²) >= 11 is 7.16. The number of carbonyl (C=O) groups excluding carboxylic acids is 1. The van der Waals surface area contributed by atoms with E-state index < -0.39 is 0 Å². The van der Waals surface area contributed by atoms with Crippen LogP contribution in [0.4, 0.5) is 0 Å². The second kappa shape index (κ2) is 6.17. The van der Waals surface area contributed by atoms with E-state index in [9.17, 15) is 4.79 Å². The highest BCUT2D eigenvalue weighted by Gasteiger charge is 2.27. The highest BCUT2D eigenvalue weighted by molar-refractivity contribution is 7.17. The van der Waals surface area contributed by atoms with Gasteiger partial charge in [0.15, 0.2) is 0 Å². The molecule has 0 spiro atoms. The molecule has 5 nitrogen and oxygen atoms in total. The fourth-order valence-corrected chi connectivity index (χ4v) is 3.45. The number of amides is 1. The van der Waals surface area contributed by atoms with Crippen LogP contribution in [0, 0.1) is 0 Å². The third kappa shape index (κ3) is 3.28. The SMILES string of the molecule is Cn1cncc1[C@H]1C[C@@H](NC(=O)c2ccc(Cl)s2)CCO1. The van der Waals surface area contributed by atoms with E-state index in [-0.39, 0.29) is 18.1 Å². The monoisotopic (exact) mass is 325 g/mol. The molecule has 1 aliphatic heterocycles. The first-order chi connectivity index (χ1) is 10.1. The van der Waals surface area contributed by atoms with Crippen molar-refractivity contribution in [3.8, 4) is 0 Å². The molecule has 0 bridgehead atoms. The quantitative estimate of drug-likeness (QED) is 0.944. The lowest BCUT2D eigenvalue weighted by Gasteiger charge is -2.30. The number of hydrogen-bond donors (Lipinski definition) is 1. The first kappa shape index (κ1) is 14.6. The summed E-state index contributed by atoms with van der Waals surface area (Å²) in [5.74, 6) is -0.0671. The lowest BCUT2D eigenvalue weighted by molar-refractivity contribution is -0.00298. The maximum absolute atomic E-state index is 12.2. The summed E-state index contributed by atoms with van der Waals surface area (Å²) in [6, 6.07) is 3.59. The van der Waals surface area contributed by atoms with Crippen LogP contribution in [-0.2, 0) is 11.8 Å². The third-order valence-electron chi connectivity index (χ3n) is 3.60. The molecule has 0 aromatic carbocycles. The van der Waals surface area contributed by atoms with Crippen molar-refractivity contribution in [1.29, 1.82) is 0 Å². The van der Waals surface area contributed by atoms with Crippen LogP contribution >= 0.6 is 22.9 Å². The van der Waals surface area contributed by atoms with Crippen LogP contribution in [0.3, 0.4) is 0 Å². The smallest absolute Gasteiger partial charge is 0.261 e. The third-order valence-corrected chi connectivity index (χ3v) is 4.83. The molecule has 0 unspecified atom stereocenters. The zero-order valence-electron chi connectivity index (χ0n) is 11.6. The lowest BCUT2D eigenvalue weighted by atomic mass is 10.0. The maximum atomic E-state index is 12.2. The number of nitrogens with zero attached hydrogens (tertiary/aromatic N) is 2. The van der Waals surface area contributed by atoms with Gasteiger partial charge >= 0.3 is 0 Å². The largest absolute Gasteiger partial charge is 0.372 e. The van der Waals surface area contributed by atoms with Crippen LogP contribution in [0.5, 0.6) is 0 Å². The Morgan fingerprint density at radius 2 is 2.43 bits per heavy atom. The number of thiophene rings is 1. The van der Waals surface area contributed by atoms with Gasteiger partial charge in [0.05, 0.1) is 27.4 Å². The van der Waals surface area contributed by atoms with Crippen LogP contribution in [0.1, 0.15) is 34.3 Å². The van der Waals surface area contributed by atoms with Gasteiger partial charge in [0.1, 0.15) is 6.10 Å². The summed E-state index contributed by atoms with van der Waals surface area (Å²) in [6.45, 7) is 0.631. The summed E-state index contributed by atoms with van der Waals surface area (Å²) in [4.78, 5) is 16.9. The summed E-state index contributed by atoms with van der Waals surface area (Å²) in [7, 11) is 1.95. The minimum Gasteiger partial charge on any atom is -0.372 e. The van der Waals surface area contributed by atoms with E-state index in [4.69, 9.17) is 16.3 Å². The summed E-state index contributed by atoms with van der Waals surface area (Å²) in [5, 5.41) is 3.06. The molecule has 112 valence electrons. The number of carbonyl (C=O) groups is 1. The molecule has 7 heteroatoms. The molecule has 1 fully saturated rings. The Morgan fingerprint density at radius 1 is 1.57 bits per heavy atom. The van der Waals surface area contributed by atoms with Gasteiger partial charge in [0.2, 0.25) is 0 Å². The molecule has 21 heavy (non-hydrogen) atoms. The number of imidazole rings is 1. The van der Waals surface area contributed by atoms with E-state index >= 15 is 0 Å². The Labute approximate surface area is 131 Å². The van der Waals surface area contributed by atoms with Crippen molar-refractivity contribution in [3.05, 3.63) is 39.6 Å². The Hall–Kier alpha value is -1.37. The normalized spacial score (nSPS) is 22.2. The number of hydrogen-bond acceptors (Lipinski definition) is 4. The first-order valence-corrected chi connectivity index (χ1v) is 7.97. The summed E-state index contributed by atoms with van der Waals surface area (Å²) < 4.78 is 8.37. The van der Waals surface area contributed by atoms with E-state index in [0.29, 0.717) is 15.8 Å². The predicted octanol–water partition coefficient (Wildman–Crippen LogP) is 2.79. The molecule has 2 aromatic heterocycles. The number of halogens is 1. The highest BCUT2D eigenvalue weighted by Crippen LogP contribution is 2.28. The van der Waals surface area contributed by atoms with Gasteiger partial charge in [-0.15, -0.1) is 11.3 Å². The Kier molecular flexibility index (Phi) is 4.28. The molecule has 2 aromatic rings. The molecule has 0 radical (unpaired) electrons. The van der Waals surface area contributed by atoms with Crippen molar-refractivity contribution in [3.63, 3.8) is 0 Å². The molecule has 0 aliphatic carbocycles. The van der Waals surface area contributed by atoms with E-state index in [0.717, 1.165) is 18.5 Å². The summed E-state index contributed by atoms with van der Waals surface area (Å²) in [6.07, 6.45) is 5.12. The van der Waals surface area contributed by atoms with Gasteiger partial charge in [-0.2, -0.15) is 0 Å². The van der Waals surface area contributed by atoms with Gasteiger partial charge in [-0.1, -0.05) is 11.6 Å². The van der Waals surface area contributed by atoms with Crippen LogP contribution in [0.15, 0.2) is 24.7 Å². The molecule has 1 aliphatic rings. The van der Waals surface area contributed by atoms with Crippen molar-refractivity contribution in [2.24, 2.45) is 7.05 Å². The van der Waals surface area contributed by atoms with Crippen molar-refractivity contribution in [1.82, 2.24) is 14.9 Å². The van der Waals surface area contributed by atoms with Crippen molar-refractivity contribution in [2.45, 2.75) is 25.0 Å². The highest BCUT2D eigenvalue weighted by atomic mass is 35.5. The van der Waals surface area contributed by atoms with Gasteiger partial charge < -0.3 is 14.6 Å². The van der Waals surface area contributed by atoms with Crippen LogP contribution in [0.2, 0.25) is 4.34 Å². The minimum absolute atomic E-state index is 0.0246. The molecular formula is C14H16ClN3O2S. The van der Waals surface area contributed by atoms with Crippen molar-refractivity contribution in [2.75, 3.05) is 6.61 Å². The molecule has 3 heterocycles.